The van der Waals surface area contributed by atoms with Gasteiger partial charge in [0.05, 0.1) is 0 Å². The Morgan fingerprint density at radius 3 is 2.64 bits per heavy atom. The topological polar surface area (TPSA) is 56.3 Å². The Bertz CT molecular complexity index is 292. The van der Waals surface area contributed by atoms with Crippen LogP contribution in [0.2, 0.25) is 0 Å². The predicted octanol–water partition coefficient (Wildman–Crippen LogP) is -0.799. The van der Waals surface area contributed by atoms with Gasteiger partial charge in [-0.3, -0.25) is 4.99 Å². The minimum absolute atomic E-state index is 0. The molecule has 0 bridgehead atoms. The Balaban J connectivity index is 0.000001000. The van der Waals surface area contributed by atoms with Gasteiger partial charge in [0.15, 0.2) is 5.62 Å². The van der Waals surface area contributed by atoms with Gasteiger partial charge in [-0.05, 0) is 0 Å². The zero-order chi connectivity index (χ0) is 7.40. The molecule has 0 aliphatic carbocycles. The molecule has 0 aliphatic heterocycles. The van der Waals surface area contributed by atoms with E-state index >= 15 is 0 Å². The molecular formula is C6H9N4Y-. The molecular weight excluding hydrogens is 217 g/mol. The van der Waals surface area contributed by atoms with Crippen LogP contribution in [0.5, 0.6) is 0 Å². The van der Waals surface area contributed by atoms with Gasteiger partial charge in [-0.2, -0.15) is 6.20 Å². The molecule has 11 heavy (non-hydrogen) atoms. The van der Waals surface area contributed by atoms with Gasteiger partial charge in [0, 0.05) is 46.8 Å². The number of aromatic nitrogens is 2. The van der Waals surface area contributed by atoms with Crippen LogP contribution in [-0.4, -0.2) is 24.1 Å². The van der Waals surface area contributed by atoms with E-state index in [0.717, 1.165) is 0 Å². The third kappa shape index (κ3) is 3.12. The molecule has 4 nitrogen and oxygen atoms in total. The standard InChI is InChI=1S/C6H9N4.Y/c1-7-5-3-4-9-6(8-2)10-5;/h4H,1-2H3,(H2,7,8,9,10);/q-1;. The summed E-state index contributed by atoms with van der Waals surface area (Å²) in [5.74, 6) is 0. The Kier molecular flexibility index (Phi) is 5.33. The summed E-state index contributed by atoms with van der Waals surface area (Å²) in [4.78, 5) is 13.5. The first-order valence-electron chi connectivity index (χ1n) is 2.92. The maximum atomic E-state index is 3.89. The molecule has 0 amide bonds. The van der Waals surface area contributed by atoms with E-state index in [2.05, 4.69) is 26.0 Å². The van der Waals surface area contributed by atoms with Crippen molar-refractivity contribution >= 4 is 0 Å². The average Bonchev–Trinajstić information content (AvgIpc) is 2.05. The number of rotatable bonds is 0. The maximum absolute atomic E-state index is 3.89. The van der Waals surface area contributed by atoms with Crippen molar-refractivity contribution in [2.75, 3.05) is 14.1 Å². The van der Waals surface area contributed by atoms with E-state index in [1.165, 1.54) is 0 Å². The number of aromatic amines is 2. The van der Waals surface area contributed by atoms with Crippen molar-refractivity contribution in [1.82, 2.24) is 9.97 Å². The zero-order valence-corrected chi connectivity index (χ0v) is 9.39. The quantitative estimate of drug-likeness (QED) is 0.544. The van der Waals surface area contributed by atoms with E-state index in [4.69, 9.17) is 0 Å². The molecule has 1 heterocycles. The summed E-state index contributed by atoms with van der Waals surface area (Å²) in [6.07, 6.45) is 1.67. The molecule has 0 aromatic carbocycles. The Morgan fingerprint density at radius 1 is 1.36 bits per heavy atom. The van der Waals surface area contributed by atoms with E-state index < -0.39 is 0 Å². The third-order valence-corrected chi connectivity index (χ3v) is 1.10. The van der Waals surface area contributed by atoms with E-state index in [-0.39, 0.29) is 32.7 Å². The van der Waals surface area contributed by atoms with Gasteiger partial charge >= 0.3 is 0 Å². The number of H-pyrrole nitrogens is 2. The summed E-state index contributed by atoms with van der Waals surface area (Å²) < 4.78 is 0. The smallest absolute Gasteiger partial charge is 0.195 e. The first-order valence-corrected chi connectivity index (χ1v) is 2.92. The fraction of sp³-hybridized carbons (Fsp3) is 0.333. The second-order valence-electron chi connectivity index (χ2n) is 1.70. The second-order valence-corrected chi connectivity index (χ2v) is 1.70. The normalized spacial score (nSPS) is 12.9. The van der Waals surface area contributed by atoms with Crippen molar-refractivity contribution < 1.29 is 32.7 Å². The van der Waals surface area contributed by atoms with Gasteiger partial charge in [-0.15, -0.1) is 0 Å². The van der Waals surface area contributed by atoms with Crippen LogP contribution in [-0.2, 0) is 32.7 Å². The fourth-order valence-electron chi connectivity index (χ4n) is 0.598. The summed E-state index contributed by atoms with van der Waals surface area (Å²) in [5, 5.41) is 0. The molecule has 1 aromatic rings. The number of hydrogen-bond acceptors (Lipinski definition) is 2. The van der Waals surface area contributed by atoms with Gasteiger partial charge in [-0.1, -0.05) is 5.49 Å². The Hall–Kier alpha value is -0.216. The van der Waals surface area contributed by atoms with Crippen LogP contribution >= 0.6 is 0 Å². The second kappa shape index (κ2) is 5.44. The molecule has 0 saturated carbocycles. The molecule has 1 aromatic heterocycles. The Morgan fingerprint density at radius 2 is 2.09 bits per heavy atom. The number of hydrogen-bond donors (Lipinski definition) is 2. The van der Waals surface area contributed by atoms with Crippen molar-refractivity contribution in [3.05, 3.63) is 23.4 Å². The monoisotopic (exact) mass is 226 g/mol. The molecule has 0 fully saturated rings. The van der Waals surface area contributed by atoms with Crippen molar-refractivity contribution in [3.8, 4) is 0 Å². The number of nitrogens with one attached hydrogen (secondary N) is 2. The zero-order valence-electron chi connectivity index (χ0n) is 6.55. The van der Waals surface area contributed by atoms with Gasteiger partial charge < -0.3 is 21.0 Å². The van der Waals surface area contributed by atoms with Gasteiger partial charge in [0.25, 0.3) is 0 Å². The van der Waals surface area contributed by atoms with Crippen molar-refractivity contribution in [3.63, 3.8) is 0 Å². The molecule has 5 heteroatoms. The molecule has 0 saturated heterocycles. The van der Waals surface area contributed by atoms with E-state index in [9.17, 15) is 0 Å². The largest absolute Gasteiger partial charge is 0.411 e. The van der Waals surface area contributed by atoms with Crippen molar-refractivity contribution in [1.29, 1.82) is 0 Å². The van der Waals surface area contributed by atoms with Gasteiger partial charge in [0.1, 0.15) is 0 Å². The molecule has 0 atom stereocenters. The Labute approximate surface area is 89.8 Å². The average molecular weight is 226 g/mol. The summed E-state index contributed by atoms with van der Waals surface area (Å²) in [6.45, 7) is 0. The molecule has 0 aliphatic rings. The van der Waals surface area contributed by atoms with E-state index in [1.807, 2.05) is 0 Å². The fourth-order valence-corrected chi connectivity index (χ4v) is 0.598. The maximum Gasteiger partial charge on any atom is 0.195 e. The third-order valence-electron chi connectivity index (χ3n) is 1.10. The number of nitrogens with zero attached hydrogens (tertiary/aromatic N) is 2. The predicted molar refractivity (Wildman–Crippen MR) is 37.0 cm³/mol. The van der Waals surface area contributed by atoms with Crippen LogP contribution in [0.3, 0.4) is 0 Å². The van der Waals surface area contributed by atoms with Crippen molar-refractivity contribution in [2.45, 2.75) is 0 Å². The minimum Gasteiger partial charge on any atom is -0.411 e. The van der Waals surface area contributed by atoms with E-state index in [0.29, 0.717) is 11.1 Å². The SMILES string of the molecule is CN=c1[c-]c[nH]c(=NC)[nH]1.[Y]. The van der Waals surface area contributed by atoms with Crippen LogP contribution < -0.4 is 11.1 Å². The van der Waals surface area contributed by atoms with Crippen LogP contribution in [0, 0.1) is 6.07 Å². The van der Waals surface area contributed by atoms with Gasteiger partial charge in [-0.25, -0.2) is 0 Å². The summed E-state index contributed by atoms with van der Waals surface area (Å²) in [6, 6.07) is 2.86. The van der Waals surface area contributed by atoms with E-state index in [1.54, 1.807) is 20.3 Å². The minimum atomic E-state index is 0. The first-order chi connectivity index (χ1) is 4.86. The van der Waals surface area contributed by atoms with Crippen LogP contribution in [0.15, 0.2) is 16.2 Å². The molecule has 1 radical (unpaired) electrons. The van der Waals surface area contributed by atoms with Crippen LogP contribution in [0.25, 0.3) is 0 Å². The molecule has 57 valence electrons. The molecule has 2 N–H and O–H groups in total. The van der Waals surface area contributed by atoms with Crippen molar-refractivity contribution in [2.24, 2.45) is 9.98 Å². The summed E-state index contributed by atoms with van der Waals surface area (Å²) >= 11 is 0. The van der Waals surface area contributed by atoms with Gasteiger partial charge in [0.2, 0.25) is 0 Å². The summed E-state index contributed by atoms with van der Waals surface area (Å²) in [7, 11) is 3.39. The molecule has 1 rings (SSSR count). The first kappa shape index (κ1) is 10.8. The molecule has 0 spiro atoms. The molecule has 0 unspecified atom stereocenters. The summed E-state index contributed by atoms with van der Waals surface area (Å²) in [5.41, 5.74) is 1.39. The van der Waals surface area contributed by atoms with Crippen LogP contribution in [0.1, 0.15) is 0 Å². The van der Waals surface area contributed by atoms with Crippen LogP contribution in [0.4, 0.5) is 0 Å².